The number of rotatable bonds is 8. The van der Waals surface area contributed by atoms with Gasteiger partial charge in [0.25, 0.3) is 0 Å². The molecule has 1 fully saturated rings. The van der Waals surface area contributed by atoms with Crippen LogP contribution in [0.2, 0.25) is 0 Å². The molecule has 2 heterocycles. The van der Waals surface area contributed by atoms with Crippen LogP contribution in [0.25, 0.3) is 0 Å². The fourth-order valence-electron chi connectivity index (χ4n) is 3.61. The molecule has 1 saturated heterocycles. The number of pyridine rings is 1. The van der Waals surface area contributed by atoms with E-state index in [2.05, 4.69) is 70.3 Å². The second kappa shape index (κ2) is 13.5. The summed E-state index contributed by atoms with van der Waals surface area (Å²) in [5.74, 6) is 2.85. The molecule has 1 aromatic carbocycles. The molecule has 176 valence electrons. The van der Waals surface area contributed by atoms with Gasteiger partial charge in [-0.15, -0.1) is 24.0 Å². The molecule has 0 atom stereocenters. The van der Waals surface area contributed by atoms with Crippen molar-refractivity contribution in [2.75, 3.05) is 58.3 Å². The Balaban J connectivity index is 0.00000363. The van der Waals surface area contributed by atoms with E-state index in [1.807, 2.05) is 25.3 Å². The molecule has 2 aromatic rings. The zero-order chi connectivity index (χ0) is 22.1. The molecule has 0 unspecified atom stereocenters. The van der Waals surface area contributed by atoms with E-state index in [1.165, 1.54) is 11.1 Å². The van der Waals surface area contributed by atoms with E-state index in [9.17, 15) is 0 Å². The molecule has 0 amide bonds. The summed E-state index contributed by atoms with van der Waals surface area (Å²) in [4.78, 5) is 16.3. The van der Waals surface area contributed by atoms with Crippen LogP contribution in [-0.2, 0) is 13.1 Å². The summed E-state index contributed by atoms with van der Waals surface area (Å²) in [6.45, 7) is 11.2. The Kier molecular flexibility index (Phi) is 11.0. The number of piperazine rings is 1. The van der Waals surface area contributed by atoms with Crippen LogP contribution in [0.5, 0.6) is 5.75 Å². The summed E-state index contributed by atoms with van der Waals surface area (Å²) >= 11 is 0. The van der Waals surface area contributed by atoms with Gasteiger partial charge < -0.3 is 24.8 Å². The van der Waals surface area contributed by atoms with E-state index in [1.54, 1.807) is 0 Å². The number of benzene rings is 1. The highest BCUT2D eigenvalue weighted by atomic mass is 127. The van der Waals surface area contributed by atoms with Gasteiger partial charge in [0.1, 0.15) is 11.6 Å². The second-order valence-corrected chi connectivity index (χ2v) is 7.92. The first-order valence-electron chi connectivity index (χ1n) is 11.2. The van der Waals surface area contributed by atoms with Gasteiger partial charge in [0.15, 0.2) is 5.96 Å². The smallest absolute Gasteiger partial charge is 0.194 e. The van der Waals surface area contributed by atoms with Gasteiger partial charge in [-0.3, -0.25) is 0 Å². The predicted molar refractivity (Wildman–Crippen MR) is 143 cm³/mol. The quantitative estimate of drug-likeness (QED) is 0.308. The highest BCUT2D eigenvalue weighted by Crippen LogP contribution is 2.16. The van der Waals surface area contributed by atoms with E-state index in [0.717, 1.165) is 56.8 Å². The first kappa shape index (κ1) is 26.2. The number of halogens is 1. The van der Waals surface area contributed by atoms with Crippen LogP contribution < -0.4 is 15.0 Å². The van der Waals surface area contributed by atoms with Crippen molar-refractivity contribution in [3.63, 3.8) is 0 Å². The molecule has 7 nitrogen and oxygen atoms in total. The van der Waals surface area contributed by atoms with E-state index >= 15 is 0 Å². The van der Waals surface area contributed by atoms with Crippen molar-refractivity contribution in [3.05, 3.63) is 53.7 Å². The molecule has 1 N–H and O–H groups in total. The van der Waals surface area contributed by atoms with Crippen molar-refractivity contribution in [1.82, 2.24) is 20.1 Å². The van der Waals surface area contributed by atoms with E-state index in [4.69, 9.17) is 9.73 Å². The molecular weight excluding hydrogens is 515 g/mol. The Hall–Kier alpha value is -2.07. The third-order valence-corrected chi connectivity index (χ3v) is 5.40. The maximum absolute atomic E-state index is 5.54. The van der Waals surface area contributed by atoms with E-state index in [0.29, 0.717) is 13.2 Å². The van der Waals surface area contributed by atoms with Gasteiger partial charge >= 0.3 is 0 Å². The van der Waals surface area contributed by atoms with Crippen LogP contribution in [0.1, 0.15) is 25.0 Å². The maximum atomic E-state index is 5.54. The van der Waals surface area contributed by atoms with Crippen LogP contribution >= 0.6 is 24.0 Å². The minimum absolute atomic E-state index is 0. The maximum Gasteiger partial charge on any atom is 0.194 e. The van der Waals surface area contributed by atoms with Gasteiger partial charge in [-0.25, -0.2) is 9.98 Å². The summed E-state index contributed by atoms with van der Waals surface area (Å²) in [6, 6.07) is 12.5. The van der Waals surface area contributed by atoms with Crippen LogP contribution in [0.15, 0.2) is 47.6 Å². The van der Waals surface area contributed by atoms with Crippen molar-refractivity contribution in [2.24, 2.45) is 4.99 Å². The highest BCUT2D eigenvalue weighted by Gasteiger charge is 2.15. The van der Waals surface area contributed by atoms with Gasteiger partial charge in [-0.05, 0) is 56.3 Å². The lowest BCUT2D eigenvalue weighted by molar-refractivity contribution is 0.312. The second-order valence-electron chi connectivity index (χ2n) is 7.92. The van der Waals surface area contributed by atoms with Gasteiger partial charge in [0.05, 0.1) is 13.2 Å². The number of hydrogen-bond donors (Lipinski definition) is 1. The molecule has 3 rings (SSSR count). The number of guanidine groups is 1. The van der Waals surface area contributed by atoms with Gasteiger partial charge in [0.2, 0.25) is 0 Å². The Morgan fingerprint density at radius 2 is 1.81 bits per heavy atom. The Morgan fingerprint density at radius 1 is 1.09 bits per heavy atom. The lowest BCUT2D eigenvalue weighted by atomic mass is 10.2. The number of nitrogens with zero attached hydrogens (tertiary/aromatic N) is 5. The number of anilines is 1. The third kappa shape index (κ3) is 7.81. The molecule has 32 heavy (non-hydrogen) atoms. The summed E-state index contributed by atoms with van der Waals surface area (Å²) < 4.78 is 5.54. The average molecular weight is 553 g/mol. The summed E-state index contributed by atoms with van der Waals surface area (Å²) in [6.07, 6.45) is 1.90. The molecule has 8 heteroatoms. The fourth-order valence-corrected chi connectivity index (χ4v) is 3.61. The zero-order valence-electron chi connectivity index (χ0n) is 19.8. The van der Waals surface area contributed by atoms with E-state index < -0.39 is 0 Å². The number of ether oxygens (including phenoxy) is 1. The summed E-state index contributed by atoms with van der Waals surface area (Å²) in [5.41, 5.74) is 2.40. The molecule has 0 aliphatic carbocycles. The number of nitrogens with one attached hydrogen (secondary N) is 1. The molecule has 1 aliphatic rings. The average Bonchev–Trinajstić information content (AvgIpc) is 2.79. The zero-order valence-corrected chi connectivity index (χ0v) is 22.1. The molecule has 1 aliphatic heterocycles. The predicted octanol–water partition coefficient (Wildman–Crippen LogP) is 3.45. The third-order valence-electron chi connectivity index (χ3n) is 5.40. The first-order valence-corrected chi connectivity index (χ1v) is 11.2. The molecule has 0 spiro atoms. The normalized spacial score (nSPS) is 14.6. The van der Waals surface area contributed by atoms with Crippen LogP contribution in [0.3, 0.4) is 0 Å². The molecular formula is C24H37IN6O. The van der Waals surface area contributed by atoms with Crippen LogP contribution in [-0.4, -0.2) is 74.2 Å². The number of hydrogen-bond acceptors (Lipinski definition) is 5. The monoisotopic (exact) mass is 552 g/mol. The SMILES string of the molecule is CCNC(=NCc1ccnc(N2CCN(C)CC2)c1)N(C)Cc1ccc(OCC)cc1.I. The van der Waals surface area contributed by atoms with Crippen molar-refractivity contribution in [3.8, 4) is 5.75 Å². The van der Waals surface area contributed by atoms with Gasteiger partial charge in [-0.1, -0.05) is 12.1 Å². The minimum Gasteiger partial charge on any atom is -0.494 e. The lowest BCUT2D eigenvalue weighted by Gasteiger charge is -2.33. The van der Waals surface area contributed by atoms with Gasteiger partial charge in [-0.2, -0.15) is 0 Å². The van der Waals surface area contributed by atoms with Gasteiger partial charge in [0, 0.05) is 52.5 Å². The number of aromatic nitrogens is 1. The Labute approximate surface area is 209 Å². The van der Waals surface area contributed by atoms with E-state index in [-0.39, 0.29) is 24.0 Å². The number of aliphatic imine (C=N–C) groups is 1. The highest BCUT2D eigenvalue weighted by molar-refractivity contribution is 14.0. The molecule has 0 bridgehead atoms. The Bertz CT molecular complexity index is 837. The topological polar surface area (TPSA) is 56.2 Å². The van der Waals surface area contributed by atoms with Crippen LogP contribution in [0, 0.1) is 0 Å². The minimum atomic E-state index is 0. The van der Waals surface area contributed by atoms with Crippen LogP contribution in [0.4, 0.5) is 5.82 Å². The molecule has 0 radical (unpaired) electrons. The summed E-state index contributed by atoms with van der Waals surface area (Å²) in [5, 5.41) is 3.41. The largest absolute Gasteiger partial charge is 0.494 e. The van der Waals surface area contributed by atoms with Crippen molar-refractivity contribution >= 4 is 35.8 Å². The van der Waals surface area contributed by atoms with Crippen molar-refractivity contribution in [2.45, 2.75) is 26.9 Å². The molecule has 0 saturated carbocycles. The summed E-state index contributed by atoms with van der Waals surface area (Å²) in [7, 11) is 4.24. The number of likely N-dealkylation sites (N-methyl/N-ethyl adjacent to an activating group) is 1. The first-order chi connectivity index (χ1) is 15.1. The molecule has 1 aromatic heterocycles. The fraction of sp³-hybridized carbons (Fsp3) is 0.500. The van der Waals surface area contributed by atoms with Crippen molar-refractivity contribution in [1.29, 1.82) is 0 Å². The van der Waals surface area contributed by atoms with Crippen molar-refractivity contribution < 1.29 is 4.74 Å². The lowest BCUT2D eigenvalue weighted by Crippen LogP contribution is -2.44. The Morgan fingerprint density at radius 3 is 2.47 bits per heavy atom. The standard InChI is InChI=1S/C24H36N6O.HI/c1-5-25-24(29(4)19-20-7-9-22(10-8-20)31-6-2)27-18-21-11-12-26-23(17-21)30-15-13-28(3)14-16-30;/h7-12,17H,5-6,13-16,18-19H2,1-4H3,(H,25,27);1H.